The number of nitro groups is 2. The molecule has 1 N–H and O–H groups in total. The molecule has 0 amide bonds. The minimum absolute atomic E-state index is 0.0582. The second-order valence-corrected chi connectivity index (χ2v) is 7.57. The fourth-order valence-electron chi connectivity index (χ4n) is 2.37. The van der Waals surface area contributed by atoms with E-state index in [-0.39, 0.29) is 55.8 Å². The highest BCUT2D eigenvalue weighted by atomic mass is 32.2. The molecular formula is C18H21N3O9S. The molecule has 12 nitrogen and oxygen atoms in total. The minimum Gasteiger partial charge on any atom is -0.377 e. The molecule has 0 fully saturated rings. The van der Waals surface area contributed by atoms with Crippen molar-refractivity contribution in [1.29, 1.82) is 0 Å². The fraction of sp³-hybridized carbons (Fsp3) is 0.333. The van der Waals surface area contributed by atoms with E-state index < -0.39 is 25.7 Å². The van der Waals surface area contributed by atoms with E-state index in [0.717, 1.165) is 6.07 Å². The molecule has 0 aliphatic rings. The monoisotopic (exact) mass is 455 g/mol. The number of hydrogen-bond acceptors (Lipinski definition) is 10. The van der Waals surface area contributed by atoms with Crippen molar-refractivity contribution in [3.05, 3.63) is 68.8 Å². The highest BCUT2D eigenvalue weighted by Crippen LogP contribution is 2.28. The molecule has 0 heterocycles. The number of nitrogens with one attached hydrogen (secondary N) is 1. The van der Waals surface area contributed by atoms with Gasteiger partial charge in [0.2, 0.25) is 0 Å². The molecule has 2 rings (SSSR count). The van der Waals surface area contributed by atoms with Gasteiger partial charge in [0.1, 0.15) is 5.69 Å². The Morgan fingerprint density at radius 3 is 2.13 bits per heavy atom. The highest BCUT2D eigenvalue weighted by molar-refractivity contribution is 7.86. The molecule has 0 saturated carbocycles. The number of non-ortho nitro benzene ring substituents is 1. The number of anilines is 1. The van der Waals surface area contributed by atoms with Gasteiger partial charge in [0.15, 0.2) is 0 Å². The van der Waals surface area contributed by atoms with Crippen LogP contribution < -0.4 is 5.32 Å². The van der Waals surface area contributed by atoms with Crippen LogP contribution in [0.3, 0.4) is 0 Å². The molecule has 0 saturated heterocycles. The average molecular weight is 455 g/mol. The lowest BCUT2D eigenvalue weighted by Gasteiger charge is -2.09. The van der Waals surface area contributed by atoms with Gasteiger partial charge in [-0.25, -0.2) is 0 Å². The van der Waals surface area contributed by atoms with E-state index in [1.54, 1.807) is 18.2 Å². The van der Waals surface area contributed by atoms with E-state index in [4.69, 9.17) is 13.7 Å². The van der Waals surface area contributed by atoms with Crippen LogP contribution in [0.15, 0.2) is 53.4 Å². The quantitative estimate of drug-likeness (QED) is 0.194. The SMILES string of the molecule is O=[N+]([O-])c1ccc(NCCOCCOCCOS(=O)(=O)c2ccccc2)c([N+](=O)[O-])c1. The molecule has 0 atom stereocenters. The number of nitrogens with zero attached hydrogens (tertiary/aromatic N) is 2. The molecule has 0 aromatic heterocycles. The van der Waals surface area contributed by atoms with Crippen LogP contribution in [0.4, 0.5) is 17.1 Å². The molecule has 13 heteroatoms. The first-order valence-corrected chi connectivity index (χ1v) is 10.5. The second kappa shape index (κ2) is 11.9. The van der Waals surface area contributed by atoms with Crippen molar-refractivity contribution in [2.45, 2.75) is 4.90 Å². The standard InChI is InChI=1S/C18H21N3O9S/c22-20(23)15-6-7-17(18(14-15)21(24)25)19-8-9-28-10-11-29-12-13-30-31(26,27)16-4-2-1-3-5-16/h1-7,14,19H,8-13H2. The van der Waals surface area contributed by atoms with Gasteiger partial charge in [-0.15, -0.1) is 0 Å². The second-order valence-electron chi connectivity index (χ2n) is 5.96. The number of benzene rings is 2. The maximum atomic E-state index is 11.9. The maximum Gasteiger partial charge on any atom is 0.299 e. The molecule has 0 radical (unpaired) electrons. The summed E-state index contributed by atoms with van der Waals surface area (Å²) in [6, 6.07) is 11.1. The van der Waals surface area contributed by atoms with E-state index in [9.17, 15) is 28.6 Å². The summed E-state index contributed by atoms with van der Waals surface area (Å²) in [4.78, 5) is 20.4. The first-order valence-electron chi connectivity index (χ1n) is 9.08. The predicted octanol–water partition coefficient (Wildman–Crippen LogP) is 2.35. The summed E-state index contributed by atoms with van der Waals surface area (Å²) in [7, 11) is -3.81. The normalized spacial score (nSPS) is 11.2. The third-order valence-corrected chi connectivity index (χ3v) is 5.15. The number of rotatable bonds is 14. The van der Waals surface area contributed by atoms with E-state index in [1.807, 2.05) is 0 Å². The predicted molar refractivity (Wildman–Crippen MR) is 109 cm³/mol. The first-order chi connectivity index (χ1) is 14.8. The summed E-state index contributed by atoms with van der Waals surface area (Å²) in [6.45, 7) is 0.778. The van der Waals surface area contributed by atoms with Gasteiger partial charge in [-0.2, -0.15) is 8.42 Å². The fourth-order valence-corrected chi connectivity index (χ4v) is 3.29. The Labute approximate surface area is 178 Å². The van der Waals surface area contributed by atoms with Crippen LogP contribution in [0.1, 0.15) is 0 Å². The zero-order valence-electron chi connectivity index (χ0n) is 16.3. The topological polar surface area (TPSA) is 160 Å². The Kier molecular flexibility index (Phi) is 9.27. The molecule has 0 bridgehead atoms. The van der Waals surface area contributed by atoms with Crippen LogP contribution >= 0.6 is 0 Å². The lowest BCUT2D eigenvalue weighted by molar-refractivity contribution is -0.393. The summed E-state index contributed by atoms with van der Waals surface area (Å²) in [5.41, 5.74) is -0.624. The molecule has 2 aromatic rings. The molecule has 2 aromatic carbocycles. The van der Waals surface area contributed by atoms with Gasteiger partial charge in [0.25, 0.3) is 21.5 Å². The summed E-state index contributed by atoms with van der Waals surface area (Å²) >= 11 is 0. The minimum atomic E-state index is -3.81. The van der Waals surface area contributed by atoms with Crippen molar-refractivity contribution >= 4 is 27.2 Å². The zero-order valence-corrected chi connectivity index (χ0v) is 17.2. The molecular weight excluding hydrogens is 434 g/mol. The zero-order chi connectivity index (χ0) is 22.7. The van der Waals surface area contributed by atoms with Gasteiger partial charge in [-0.1, -0.05) is 18.2 Å². The van der Waals surface area contributed by atoms with Crippen molar-refractivity contribution < 1.29 is 31.9 Å². The molecule has 0 unspecified atom stereocenters. The van der Waals surface area contributed by atoms with Crippen molar-refractivity contribution in [2.24, 2.45) is 0 Å². The molecule has 0 aliphatic carbocycles. The van der Waals surface area contributed by atoms with Gasteiger partial charge >= 0.3 is 0 Å². The summed E-state index contributed by atoms with van der Waals surface area (Å²) < 4.78 is 39.2. The Bertz CT molecular complexity index is 984. The summed E-state index contributed by atoms with van der Waals surface area (Å²) in [6.07, 6.45) is 0. The van der Waals surface area contributed by atoms with Crippen LogP contribution in [0.5, 0.6) is 0 Å². The van der Waals surface area contributed by atoms with E-state index in [1.165, 1.54) is 24.3 Å². The smallest absolute Gasteiger partial charge is 0.299 e. The van der Waals surface area contributed by atoms with E-state index in [0.29, 0.717) is 0 Å². The first kappa shape index (κ1) is 24.1. The Balaban J connectivity index is 1.59. The third kappa shape index (κ3) is 7.90. The Hall–Kier alpha value is -3.13. The molecule has 31 heavy (non-hydrogen) atoms. The molecule has 0 aliphatic heterocycles. The summed E-state index contributed by atoms with van der Waals surface area (Å²) in [5, 5.41) is 24.6. The Morgan fingerprint density at radius 2 is 1.48 bits per heavy atom. The van der Waals surface area contributed by atoms with Crippen molar-refractivity contribution in [3.63, 3.8) is 0 Å². The molecule has 0 spiro atoms. The van der Waals surface area contributed by atoms with Gasteiger partial charge in [0.05, 0.1) is 53.8 Å². The maximum absolute atomic E-state index is 11.9. The van der Waals surface area contributed by atoms with Crippen LogP contribution in [0.25, 0.3) is 0 Å². The number of hydrogen-bond donors (Lipinski definition) is 1. The van der Waals surface area contributed by atoms with E-state index in [2.05, 4.69) is 5.32 Å². The van der Waals surface area contributed by atoms with Crippen molar-refractivity contribution in [3.8, 4) is 0 Å². The Morgan fingerprint density at radius 1 is 0.839 bits per heavy atom. The van der Waals surface area contributed by atoms with Crippen molar-refractivity contribution in [2.75, 3.05) is 44.9 Å². The van der Waals surface area contributed by atoms with E-state index >= 15 is 0 Å². The van der Waals surface area contributed by atoms with Gasteiger partial charge in [-0.3, -0.25) is 24.4 Å². The largest absolute Gasteiger partial charge is 0.377 e. The third-order valence-electron chi connectivity index (χ3n) is 3.82. The van der Waals surface area contributed by atoms with Crippen molar-refractivity contribution in [1.82, 2.24) is 0 Å². The number of nitro benzene ring substituents is 2. The van der Waals surface area contributed by atoms with Crippen LogP contribution in [-0.2, 0) is 23.8 Å². The van der Waals surface area contributed by atoms with Crippen LogP contribution in [0.2, 0.25) is 0 Å². The number of ether oxygens (including phenoxy) is 2. The van der Waals surface area contributed by atoms with Crippen LogP contribution in [-0.4, -0.2) is 57.8 Å². The van der Waals surface area contributed by atoms with Gasteiger partial charge in [0, 0.05) is 12.6 Å². The van der Waals surface area contributed by atoms with Crippen LogP contribution in [0, 0.1) is 20.2 Å². The lowest BCUT2D eigenvalue weighted by Crippen LogP contribution is -2.15. The lowest BCUT2D eigenvalue weighted by atomic mass is 10.2. The molecule has 168 valence electrons. The average Bonchev–Trinajstić information content (AvgIpc) is 2.75. The van der Waals surface area contributed by atoms with Gasteiger partial charge in [-0.05, 0) is 18.2 Å². The summed E-state index contributed by atoms with van der Waals surface area (Å²) in [5.74, 6) is 0. The highest BCUT2D eigenvalue weighted by Gasteiger charge is 2.19. The van der Waals surface area contributed by atoms with Gasteiger partial charge < -0.3 is 14.8 Å².